The number of benzene rings is 1. The Balaban J connectivity index is 3.19. The molecule has 0 radical (unpaired) electrons. The molecule has 76 valence electrons. The van der Waals surface area contributed by atoms with Crippen molar-refractivity contribution >= 4 is 18.4 Å². The summed E-state index contributed by atoms with van der Waals surface area (Å²) in [7, 11) is -3.40. The average molecular weight is 215 g/mol. The molecule has 0 heterocycles. The molecular formula is C8H10NO4P. The predicted octanol–water partition coefficient (Wildman–Crippen LogP) is 1.51. The molecular weight excluding hydrogens is 205 g/mol. The molecule has 1 aromatic rings. The fraction of sp³-hybridized carbons (Fsp3) is 0.250. The molecule has 0 spiro atoms. The van der Waals surface area contributed by atoms with Gasteiger partial charge < -0.3 is 4.89 Å². The van der Waals surface area contributed by atoms with Crippen LogP contribution in [0.25, 0.3) is 0 Å². The fourth-order valence-electron chi connectivity index (χ4n) is 1.01. The highest BCUT2D eigenvalue weighted by Gasteiger charge is 2.20. The Bertz CT molecular complexity index is 404. The highest BCUT2D eigenvalue weighted by Crippen LogP contribution is 2.38. The summed E-state index contributed by atoms with van der Waals surface area (Å²) in [4.78, 5) is 19.3. The van der Waals surface area contributed by atoms with Gasteiger partial charge in [0.1, 0.15) is 0 Å². The topological polar surface area (TPSA) is 80.4 Å². The van der Waals surface area contributed by atoms with E-state index in [-0.39, 0.29) is 17.2 Å². The second-order valence-electron chi connectivity index (χ2n) is 2.79. The highest BCUT2D eigenvalue weighted by atomic mass is 31.2. The number of rotatable bonds is 3. The van der Waals surface area contributed by atoms with E-state index in [9.17, 15) is 19.6 Å². The van der Waals surface area contributed by atoms with Gasteiger partial charge in [0, 0.05) is 23.6 Å². The molecule has 1 unspecified atom stereocenters. The van der Waals surface area contributed by atoms with Crippen LogP contribution in [-0.4, -0.2) is 16.0 Å². The van der Waals surface area contributed by atoms with E-state index in [1.165, 1.54) is 18.2 Å². The fourth-order valence-corrected chi connectivity index (χ4v) is 2.02. The lowest BCUT2D eigenvalue weighted by Gasteiger charge is -2.07. The monoisotopic (exact) mass is 215 g/mol. The largest absolute Gasteiger partial charge is 0.341 e. The Hall–Kier alpha value is -1.19. The van der Waals surface area contributed by atoms with Gasteiger partial charge in [-0.2, -0.15) is 0 Å². The van der Waals surface area contributed by atoms with E-state index < -0.39 is 12.3 Å². The van der Waals surface area contributed by atoms with Gasteiger partial charge in [-0.1, -0.05) is 13.0 Å². The van der Waals surface area contributed by atoms with Gasteiger partial charge in [0.05, 0.1) is 4.92 Å². The van der Waals surface area contributed by atoms with E-state index >= 15 is 0 Å². The second kappa shape index (κ2) is 3.90. The van der Waals surface area contributed by atoms with Crippen LogP contribution >= 0.6 is 7.37 Å². The van der Waals surface area contributed by atoms with E-state index in [0.717, 1.165) is 6.07 Å². The van der Waals surface area contributed by atoms with E-state index in [0.29, 0.717) is 0 Å². The molecule has 0 aliphatic carbocycles. The van der Waals surface area contributed by atoms with Crippen molar-refractivity contribution in [3.8, 4) is 0 Å². The first kappa shape index (κ1) is 10.9. The number of non-ortho nitro benzene ring substituents is 1. The second-order valence-corrected chi connectivity index (χ2v) is 5.35. The van der Waals surface area contributed by atoms with Crippen LogP contribution in [0.5, 0.6) is 0 Å². The maximum Gasteiger partial charge on any atom is 0.270 e. The zero-order chi connectivity index (χ0) is 10.8. The average Bonchev–Trinajstić information content (AvgIpc) is 2.18. The van der Waals surface area contributed by atoms with Crippen LogP contribution in [0.1, 0.15) is 6.92 Å². The molecule has 0 amide bonds. The molecule has 1 atom stereocenters. The van der Waals surface area contributed by atoms with Crippen molar-refractivity contribution in [1.82, 2.24) is 0 Å². The van der Waals surface area contributed by atoms with Crippen molar-refractivity contribution in [3.63, 3.8) is 0 Å². The molecule has 14 heavy (non-hydrogen) atoms. The van der Waals surface area contributed by atoms with Crippen LogP contribution in [0.15, 0.2) is 24.3 Å². The predicted molar refractivity (Wildman–Crippen MR) is 53.1 cm³/mol. The van der Waals surface area contributed by atoms with Gasteiger partial charge in [-0.25, -0.2) is 0 Å². The minimum Gasteiger partial charge on any atom is -0.341 e. The molecule has 0 aliphatic heterocycles. The highest BCUT2D eigenvalue weighted by molar-refractivity contribution is 7.66. The Morgan fingerprint density at radius 1 is 1.57 bits per heavy atom. The molecule has 1 N–H and O–H groups in total. The molecule has 6 heteroatoms. The molecule has 5 nitrogen and oxygen atoms in total. The SMILES string of the molecule is CCP(=O)(O)c1cccc([N+](=O)[O-])c1. The van der Waals surface area contributed by atoms with Crippen molar-refractivity contribution in [1.29, 1.82) is 0 Å². The van der Waals surface area contributed by atoms with Gasteiger partial charge in [-0.3, -0.25) is 14.7 Å². The van der Waals surface area contributed by atoms with Crippen LogP contribution in [-0.2, 0) is 4.57 Å². The minimum absolute atomic E-state index is 0.0775. The van der Waals surface area contributed by atoms with E-state index in [4.69, 9.17) is 0 Å². The number of nitro benzene ring substituents is 1. The smallest absolute Gasteiger partial charge is 0.270 e. The number of hydrogen-bond acceptors (Lipinski definition) is 3. The van der Waals surface area contributed by atoms with E-state index in [2.05, 4.69) is 0 Å². The zero-order valence-electron chi connectivity index (χ0n) is 7.58. The van der Waals surface area contributed by atoms with Crippen molar-refractivity contribution in [2.24, 2.45) is 0 Å². The van der Waals surface area contributed by atoms with Gasteiger partial charge in [0.2, 0.25) is 7.37 Å². The molecule has 1 rings (SSSR count). The first-order valence-corrected chi connectivity index (χ1v) is 5.88. The summed E-state index contributed by atoms with van der Waals surface area (Å²) in [6, 6.07) is 5.27. The molecule has 0 saturated carbocycles. The Morgan fingerprint density at radius 2 is 2.21 bits per heavy atom. The number of nitrogens with zero attached hydrogens (tertiary/aromatic N) is 1. The van der Waals surface area contributed by atoms with Crippen molar-refractivity contribution in [2.45, 2.75) is 6.92 Å². The van der Waals surface area contributed by atoms with Gasteiger partial charge >= 0.3 is 0 Å². The summed E-state index contributed by atoms with van der Waals surface area (Å²) in [6.07, 6.45) is 0.0775. The summed E-state index contributed by atoms with van der Waals surface area (Å²) in [5.74, 6) is 0. The molecule has 0 fully saturated rings. The number of nitro groups is 1. The third-order valence-electron chi connectivity index (χ3n) is 1.87. The van der Waals surface area contributed by atoms with Crippen LogP contribution in [0.3, 0.4) is 0 Å². The standard InChI is InChI=1S/C8H10NO4P/c1-2-14(12,13)8-5-3-4-7(6-8)9(10)11/h3-6H,2H2,1H3,(H,12,13). The van der Waals surface area contributed by atoms with Crippen molar-refractivity contribution < 1.29 is 14.4 Å². The van der Waals surface area contributed by atoms with Crippen LogP contribution in [0, 0.1) is 10.1 Å². The Labute approximate surface area is 81.0 Å². The molecule has 0 saturated heterocycles. The normalized spacial score (nSPS) is 14.7. The van der Waals surface area contributed by atoms with Gasteiger partial charge in [-0.15, -0.1) is 0 Å². The Morgan fingerprint density at radius 3 is 2.71 bits per heavy atom. The maximum atomic E-state index is 11.5. The van der Waals surface area contributed by atoms with Crippen LogP contribution < -0.4 is 5.30 Å². The minimum atomic E-state index is -3.40. The third-order valence-corrected chi connectivity index (χ3v) is 3.81. The molecule has 0 aromatic heterocycles. The molecule has 0 aliphatic rings. The van der Waals surface area contributed by atoms with Gasteiger partial charge in [-0.05, 0) is 6.07 Å². The summed E-state index contributed by atoms with van der Waals surface area (Å²) in [6.45, 7) is 1.57. The summed E-state index contributed by atoms with van der Waals surface area (Å²) < 4.78 is 11.5. The molecule has 1 aromatic carbocycles. The third kappa shape index (κ3) is 2.19. The summed E-state index contributed by atoms with van der Waals surface area (Å²) >= 11 is 0. The Kier molecular flexibility index (Phi) is 3.03. The first-order chi connectivity index (χ1) is 6.47. The van der Waals surface area contributed by atoms with Gasteiger partial charge in [0.25, 0.3) is 5.69 Å². The summed E-state index contributed by atoms with van der Waals surface area (Å²) in [5.41, 5.74) is -0.162. The van der Waals surface area contributed by atoms with Crippen LogP contribution in [0.2, 0.25) is 0 Å². The van der Waals surface area contributed by atoms with Crippen molar-refractivity contribution in [3.05, 3.63) is 34.4 Å². The van der Waals surface area contributed by atoms with Crippen LogP contribution in [0.4, 0.5) is 5.69 Å². The summed E-state index contributed by atoms with van der Waals surface area (Å²) in [5, 5.41) is 10.5. The number of hydrogen-bond donors (Lipinski definition) is 1. The van der Waals surface area contributed by atoms with E-state index in [1.54, 1.807) is 6.92 Å². The quantitative estimate of drug-likeness (QED) is 0.470. The molecule has 0 bridgehead atoms. The first-order valence-electron chi connectivity index (χ1n) is 4.04. The lowest BCUT2D eigenvalue weighted by atomic mass is 10.3. The zero-order valence-corrected chi connectivity index (χ0v) is 8.48. The lowest BCUT2D eigenvalue weighted by molar-refractivity contribution is -0.384. The van der Waals surface area contributed by atoms with E-state index in [1.807, 2.05) is 0 Å². The maximum absolute atomic E-state index is 11.5. The van der Waals surface area contributed by atoms with Crippen molar-refractivity contribution in [2.75, 3.05) is 6.16 Å². The lowest BCUT2D eigenvalue weighted by Crippen LogP contribution is -2.06. The van der Waals surface area contributed by atoms with Gasteiger partial charge in [0.15, 0.2) is 0 Å².